The van der Waals surface area contributed by atoms with Crippen LogP contribution in [0.5, 0.6) is 0 Å². The Morgan fingerprint density at radius 3 is 2.71 bits per heavy atom. The average Bonchev–Trinajstić information content (AvgIpc) is 2.49. The number of carbonyl (C=O) groups is 2. The highest BCUT2D eigenvalue weighted by Crippen LogP contribution is 2.28. The summed E-state index contributed by atoms with van der Waals surface area (Å²) < 4.78 is 10.3. The number of esters is 2. The van der Waals surface area contributed by atoms with Crippen LogP contribution in [0.1, 0.15) is 36.9 Å². The average molecular weight is 291 g/mol. The van der Waals surface area contributed by atoms with Crippen molar-refractivity contribution in [1.82, 2.24) is 4.98 Å². The van der Waals surface area contributed by atoms with Gasteiger partial charge in [-0.25, -0.2) is 0 Å². The summed E-state index contributed by atoms with van der Waals surface area (Å²) in [6, 6.07) is 3.72. The Morgan fingerprint density at radius 1 is 1.29 bits per heavy atom. The fourth-order valence-electron chi connectivity index (χ4n) is 2.64. The molecular weight excluding hydrogens is 270 g/mol. The number of aromatic nitrogens is 1. The van der Waals surface area contributed by atoms with Crippen molar-refractivity contribution in [2.24, 2.45) is 5.92 Å². The Morgan fingerprint density at radius 2 is 2.05 bits per heavy atom. The van der Waals surface area contributed by atoms with Crippen LogP contribution in [0.25, 0.3) is 0 Å². The third-order valence-corrected chi connectivity index (χ3v) is 3.81. The Labute approximate surface area is 124 Å². The molecule has 1 aliphatic carbocycles. The van der Waals surface area contributed by atoms with E-state index in [0.29, 0.717) is 0 Å². The minimum atomic E-state index is -0.364. The second kappa shape index (κ2) is 7.20. The van der Waals surface area contributed by atoms with Crippen LogP contribution in [0.4, 0.5) is 0 Å². The molecule has 0 saturated heterocycles. The van der Waals surface area contributed by atoms with Crippen LogP contribution in [-0.2, 0) is 25.5 Å². The van der Waals surface area contributed by atoms with Gasteiger partial charge in [0.1, 0.15) is 6.10 Å². The number of methoxy groups -OCH3 is 1. The van der Waals surface area contributed by atoms with E-state index in [4.69, 9.17) is 9.47 Å². The maximum atomic E-state index is 12.0. The van der Waals surface area contributed by atoms with Gasteiger partial charge in [-0.3, -0.25) is 14.6 Å². The van der Waals surface area contributed by atoms with Crippen molar-refractivity contribution in [2.75, 3.05) is 7.11 Å². The van der Waals surface area contributed by atoms with Gasteiger partial charge >= 0.3 is 11.9 Å². The molecule has 5 heteroatoms. The summed E-state index contributed by atoms with van der Waals surface area (Å²) in [6.07, 6.45) is 4.87. The molecular formula is C16H21NO4. The maximum absolute atomic E-state index is 12.0. The van der Waals surface area contributed by atoms with Gasteiger partial charge in [-0.1, -0.05) is 12.5 Å². The fraction of sp³-hybridized carbons (Fsp3) is 0.562. The van der Waals surface area contributed by atoms with E-state index in [9.17, 15) is 9.59 Å². The second-order valence-corrected chi connectivity index (χ2v) is 5.43. The summed E-state index contributed by atoms with van der Waals surface area (Å²) >= 11 is 0. The summed E-state index contributed by atoms with van der Waals surface area (Å²) in [5, 5.41) is 0. The standard InChI is InChI=1S/C16H21NO4/c1-11-7-8-12(10-17-11)9-15(18)21-14-6-4-3-5-13(14)16(19)20-2/h7-8,10,13-14H,3-6,9H2,1-2H3. The van der Waals surface area contributed by atoms with Crippen molar-refractivity contribution in [3.8, 4) is 0 Å². The number of nitrogens with zero attached hydrogens (tertiary/aromatic N) is 1. The van der Waals surface area contributed by atoms with E-state index < -0.39 is 0 Å². The van der Waals surface area contributed by atoms with Crippen LogP contribution in [0.15, 0.2) is 18.3 Å². The number of carbonyl (C=O) groups excluding carboxylic acids is 2. The number of hydrogen-bond donors (Lipinski definition) is 0. The molecule has 0 N–H and O–H groups in total. The first-order valence-corrected chi connectivity index (χ1v) is 7.29. The topological polar surface area (TPSA) is 65.5 Å². The van der Waals surface area contributed by atoms with Crippen molar-refractivity contribution < 1.29 is 19.1 Å². The van der Waals surface area contributed by atoms with E-state index in [1.165, 1.54) is 7.11 Å². The van der Waals surface area contributed by atoms with Gasteiger partial charge in [0.2, 0.25) is 0 Å². The molecule has 0 aliphatic heterocycles. The van der Waals surface area contributed by atoms with E-state index in [-0.39, 0.29) is 30.4 Å². The zero-order valence-corrected chi connectivity index (χ0v) is 12.5. The van der Waals surface area contributed by atoms with Crippen molar-refractivity contribution >= 4 is 11.9 Å². The first kappa shape index (κ1) is 15.5. The molecule has 1 aromatic rings. The molecule has 0 spiro atoms. The Balaban J connectivity index is 1.93. The number of ether oxygens (including phenoxy) is 2. The van der Waals surface area contributed by atoms with Gasteiger partial charge in [-0.05, 0) is 37.8 Å². The molecule has 0 bridgehead atoms. The van der Waals surface area contributed by atoms with Crippen molar-refractivity contribution in [3.63, 3.8) is 0 Å². The summed E-state index contributed by atoms with van der Waals surface area (Å²) in [4.78, 5) is 27.9. The maximum Gasteiger partial charge on any atom is 0.312 e. The molecule has 0 radical (unpaired) electrons. The molecule has 0 amide bonds. The van der Waals surface area contributed by atoms with Gasteiger partial charge in [-0.15, -0.1) is 0 Å². The Bertz CT molecular complexity index is 498. The predicted octanol–water partition coefficient (Wildman–Crippen LogP) is 2.21. The third-order valence-electron chi connectivity index (χ3n) is 3.81. The zero-order chi connectivity index (χ0) is 15.2. The Kier molecular flexibility index (Phi) is 5.31. The van der Waals surface area contributed by atoms with Gasteiger partial charge in [0.15, 0.2) is 0 Å². The molecule has 1 saturated carbocycles. The number of pyridine rings is 1. The molecule has 1 heterocycles. The fourth-order valence-corrected chi connectivity index (χ4v) is 2.64. The van der Waals surface area contributed by atoms with Crippen LogP contribution in [-0.4, -0.2) is 30.1 Å². The largest absolute Gasteiger partial charge is 0.469 e. The molecule has 1 aromatic heterocycles. The lowest BCUT2D eigenvalue weighted by atomic mass is 9.86. The quantitative estimate of drug-likeness (QED) is 0.796. The van der Waals surface area contributed by atoms with E-state index in [2.05, 4.69) is 4.98 Å². The monoisotopic (exact) mass is 291 g/mol. The first-order valence-electron chi connectivity index (χ1n) is 7.29. The van der Waals surface area contributed by atoms with Crippen LogP contribution >= 0.6 is 0 Å². The highest BCUT2D eigenvalue weighted by Gasteiger charge is 2.34. The second-order valence-electron chi connectivity index (χ2n) is 5.43. The lowest BCUT2D eigenvalue weighted by Crippen LogP contribution is -2.36. The van der Waals surface area contributed by atoms with Gasteiger partial charge in [0.25, 0.3) is 0 Å². The number of hydrogen-bond acceptors (Lipinski definition) is 5. The predicted molar refractivity (Wildman–Crippen MR) is 76.5 cm³/mol. The third kappa shape index (κ3) is 4.28. The smallest absolute Gasteiger partial charge is 0.312 e. The van der Waals surface area contributed by atoms with Crippen molar-refractivity contribution in [2.45, 2.75) is 45.1 Å². The van der Waals surface area contributed by atoms with Gasteiger partial charge < -0.3 is 9.47 Å². The highest BCUT2D eigenvalue weighted by molar-refractivity contribution is 5.75. The lowest BCUT2D eigenvalue weighted by molar-refractivity contribution is -0.162. The molecule has 1 aliphatic rings. The number of rotatable bonds is 4. The van der Waals surface area contributed by atoms with E-state index >= 15 is 0 Å². The van der Waals surface area contributed by atoms with Crippen molar-refractivity contribution in [1.29, 1.82) is 0 Å². The van der Waals surface area contributed by atoms with Crippen molar-refractivity contribution in [3.05, 3.63) is 29.6 Å². The normalized spacial score (nSPS) is 21.6. The molecule has 1 fully saturated rings. The van der Waals surface area contributed by atoms with Crippen LogP contribution in [0.2, 0.25) is 0 Å². The Hall–Kier alpha value is -1.91. The summed E-state index contributed by atoms with van der Waals surface area (Å²) in [5.41, 5.74) is 1.72. The number of aryl methyl sites for hydroxylation is 1. The summed E-state index contributed by atoms with van der Waals surface area (Å²) in [6.45, 7) is 1.89. The minimum Gasteiger partial charge on any atom is -0.469 e. The summed E-state index contributed by atoms with van der Waals surface area (Å²) in [7, 11) is 1.37. The van der Waals surface area contributed by atoms with Crippen LogP contribution in [0, 0.1) is 12.8 Å². The molecule has 2 unspecified atom stereocenters. The van der Waals surface area contributed by atoms with Crippen LogP contribution < -0.4 is 0 Å². The zero-order valence-electron chi connectivity index (χ0n) is 12.5. The van der Waals surface area contributed by atoms with E-state index in [1.54, 1.807) is 6.20 Å². The molecule has 5 nitrogen and oxygen atoms in total. The molecule has 21 heavy (non-hydrogen) atoms. The van der Waals surface area contributed by atoms with Gasteiger partial charge in [-0.2, -0.15) is 0 Å². The SMILES string of the molecule is COC(=O)C1CCCCC1OC(=O)Cc1ccc(C)nc1. The lowest BCUT2D eigenvalue weighted by Gasteiger charge is -2.29. The van der Waals surface area contributed by atoms with Crippen LogP contribution in [0.3, 0.4) is 0 Å². The minimum absolute atomic E-state index is 0.178. The molecule has 2 rings (SSSR count). The van der Waals surface area contributed by atoms with E-state index in [1.807, 2.05) is 19.1 Å². The van der Waals surface area contributed by atoms with E-state index in [0.717, 1.165) is 36.9 Å². The van der Waals surface area contributed by atoms with Gasteiger partial charge in [0, 0.05) is 11.9 Å². The highest BCUT2D eigenvalue weighted by atomic mass is 16.6. The molecule has 2 atom stereocenters. The summed E-state index contributed by atoms with van der Waals surface area (Å²) in [5.74, 6) is -0.935. The molecule has 114 valence electrons. The van der Waals surface area contributed by atoms with Gasteiger partial charge in [0.05, 0.1) is 19.4 Å². The molecule has 0 aromatic carbocycles. The first-order chi connectivity index (χ1) is 10.1.